The molecule has 0 aromatic heterocycles. The zero-order chi connectivity index (χ0) is 26.5. The summed E-state index contributed by atoms with van der Waals surface area (Å²) in [5.41, 5.74) is 1.42. The molecule has 0 saturated carbocycles. The third-order valence-electron chi connectivity index (χ3n) is 7.31. The summed E-state index contributed by atoms with van der Waals surface area (Å²) in [5.74, 6) is -3.04. The molecule has 3 heterocycles. The van der Waals surface area contributed by atoms with Gasteiger partial charge >= 0.3 is 0 Å². The van der Waals surface area contributed by atoms with Gasteiger partial charge in [0.05, 0.1) is 12.0 Å². The Morgan fingerprint density at radius 3 is 2.41 bits per heavy atom. The van der Waals surface area contributed by atoms with Gasteiger partial charge in [-0.1, -0.05) is 0 Å². The Balaban J connectivity index is 1.35. The fourth-order valence-corrected chi connectivity index (χ4v) is 6.86. The van der Waals surface area contributed by atoms with Crippen molar-refractivity contribution in [3.63, 3.8) is 0 Å². The Morgan fingerprint density at radius 2 is 1.76 bits per heavy atom. The monoisotopic (exact) mass is 533 g/mol. The number of hydrogen-bond donors (Lipinski definition) is 1. The molecule has 0 spiro atoms. The molecule has 12 heteroatoms. The molecule has 2 aromatic rings. The number of sulfonamides is 1. The number of nitrogens with zero attached hydrogens (tertiary/aromatic N) is 2. The summed E-state index contributed by atoms with van der Waals surface area (Å²) in [6.07, 6.45) is 1.06. The van der Waals surface area contributed by atoms with Gasteiger partial charge in [0, 0.05) is 31.6 Å². The molecule has 196 valence electrons. The Bertz CT molecular complexity index is 1410. The molecule has 0 bridgehead atoms. The maximum absolute atomic E-state index is 14.6. The van der Waals surface area contributed by atoms with Crippen LogP contribution in [0.4, 0.5) is 8.78 Å². The first kappa shape index (κ1) is 25.3. The van der Waals surface area contributed by atoms with E-state index < -0.39 is 45.4 Å². The maximum atomic E-state index is 14.6. The zero-order valence-electron chi connectivity index (χ0n) is 20.0. The lowest BCUT2D eigenvalue weighted by Gasteiger charge is -2.32. The van der Waals surface area contributed by atoms with Crippen LogP contribution in [0, 0.1) is 11.6 Å². The summed E-state index contributed by atoms with van der Waals surface area (Å²) >= 11 is 0. The van der Waals surface area contributed by atoms with Crippen LogP contribution in [0.3, 0.4) is 0 Å². The van der Waals surface area contributed by atoms with E-state index in [9.17, 15) is 31.6 Å². The van der Waals surface area contributed by atoms with Crippen LogP contribution in [0.1, 0.15) is 53.1 Å². The highest BCUT2D eigenvalue weighted by Gasteiger charge is 2.41. The van der Waals surface area contributed by atoms with E-state index in [0.29, 0.717) is 24.0 Å². The van der Waals surface area contributed by atoms with E-state index in [2.05, 4.69) is 5.32 Å². The number of nitrogens with one attached hydrogen (secondary N) is 1. The topological polar surface area (TPSA) is 113 Å². The molecule has 2 aromatic carbocycles. The smallest absolute Gasteiger partial charge is 0.255 e. The van der Waals surface area contributed by atoms with E-state index in [1.54, 1.807) is 0 Å². The highest BCUT2D eigenvalue weighted by Crippen LogP contribution is 2.38. The predicted molar refractivity (Wildman–Crippen MR) is 126 cm³/mol. The van der Waals surface area contributed by atoms with Gasteiger partial charge in [-0.25, -0.2) is 17.2 Å². The van der Waals surface area contributed by atoms with Crippen molar-refractivity contribution in [3.05, 3.63) is 58.7 Å². The van der Waals surface area contributed by atoms with E-state index in [0.717, 1.165) is 12.1 Å². The molecule has 1 atom stereocenters. The van der Waals surface area contributed by atoms with E-state index in [4.69, 9.17) is 4.74 Å². The van der Waals surface area contributed by atoms with Gasteiger partial charge in [-0.15, -0.1) is 0 Å². The van der Waals surface area contributed by atoms with Gasteiger partial charge < -0.3 is 9.64 Å². The van der Waals surface area contributed by atoms with Crippen LogP contribution in [0.5, 0.6) is 5.75 Å². The molecule has 3 aliphatic heterocycles. The first-order valence-corrected chi connectivity index (χ1v) is 13.3. The van der Waals surface area contributed by atoms with Crippen molar-refractivity contribution in [2.24, 2.45) is 0 Å². The second-order valence-corrected chi connectivity index (χ2v) is 11.3. The van der Waals surface area contributed by atoms with Crippen molar-refractivity contribution in [1.29, 1.82) is 0 Å². The van der Waals surface area contributed by atoms with Gasteiger partial charge in [-0.2, -0.15) is 4.31 Å². The Morgan fingerprint density at radius 1 is 1.03 bits per heavy atom. The average Bonchev–Trinajstić information content (AvgIpc) is 3.19. The summed E-state index contributed by atoms with van der Waals surface area (Å²) in [5, 5.41) is 2.25. The molecular weight excluding hydrogens is 508 g/mol. The molecule has 0 radical (unpaired) electrons. The van der Waals surface area contributed by atoms with Gasteiger partial charge in [0.25, 0.3) is 5.91 Å². The number of imide groups is 1. The number of fused-ring (bicyclic) bond motifs is 1. The first-order valence-electron chi connectivity index (χ1n) is 11.9. The van der Waals surface area contributed by atoms with Crippen molar-refractivity contribution in [1.82, 2.24) is 14.5 Å². The highest BCUT2D eigenvalue weighted by molar-refractivity contribution is 7.89. The second-order valence-electron chi connectivity index (χ2n) is 9.40. The van der Waals surface area contributed by atoms with Gasteiger partial charge in [-0.3, -0.25) is 19.7 Å². The van der Waals surface area contributed by atoms with Crippen LogP contribution in [-0.2, 0) is 26.2 Å². The Labute approximate surface area is 212 Å². The minimum atomic E-state index is -3.95. The number of halogens is 2. The number of carbonyl (C=O) groups excluding carboxylic acids is 3. The summed E-state index contributed by atoms with van der Waals surface area (Å²) in [6, 6.07) is 5.19. The molecule has 37 heavy (non-hydrogen) atoms. The van der Waals surface area contributed by atoms with Crippen molar-refractivity contribution in [2.75, 3.05) is 20.2 Å². The average molecular weight is 534 g/mol. The lowest BCUT2D eigenvalue weighted by Crippen LogP contribution is -2.52. The molecule has 3 amide bonds. The number of rotatable bonds is 5. The Kier molecular flexibility index (Phi) is 6.48. The van der Waals surface area contributed by atoms with Crippen LogP contribution in [-0.4, -0.2) is 61.6 Å². The quantitative estimate of drug-likeness (QED) is 0.591. The fraction of sp³-hybridized carbons (Fsp3) is 0.400. The van der Waals surface area contributed by atoms with Crippen LogP contribution in [0.15, 0.2) is 35.2 Å². The molecule has 2 saturated heterocycles. The second kappa shape index (κ2) is 9.49. The van der Waals surface area contributed by atoms with Crippen LogP contribution in [0.2, 0.25) is 0 Å². The third-order valence-corrected chi connectivity index (χ3v) is 9.20. The Hall–Kier alpha value is -3.38. The molecule has 1 N–H and O–H groups in total. The largest absolute Gasteiger partial charge is 0.494 e. The van der Waals surface area contributed by atoms with Gasteiger partial charge in [0.1, 0.15) is 11.9 Å². The number of amides is 3. The number of piperidine rings is 2. The summed E-state index contributed by atoms with van der Waals surface area (Å²) in [4.78, 5) is 38.1. The third kappa shape index (κ3) is 4.48. The molecule has 5 rings (SSSR count). The predicted octanol–water partition coefficient (Wildman–Crippen LogP) is 2.30. The number of carbonyl (C=O) groups is 3. The SMILES string of the molecule is COc1ccc(S(=O)(=O)N2CCC(c3cc(F)cc4c3CN(C3CCC(=O)NC3=O)C4=O)CC2)cc1F. The van der Waals surface area contributed by atoms with Gasteiger partial charge in [0.15, 0.2) is 11.6 Å². The molecule has 1 unspecified atom stereocenters. The van der Waals surface area contributed by atoms with E-state index in [1.165, 1.54) is 34.5 Å². The van der Waals surface area contributed by atoms with Crippen LogP contribution in [0.25, 0.3) is 0 Å². The van der Waals surface area contributed by atoms with Crippen molar-refractivity contribution in [3.8, 4) is 5.75 Å². The fourth-order valence-electron chi connectivity index (χ4n) is 5.38. The maximum Gasteiger partial charge on any atom is 0.255 e. The first-order chi connectivity index (χ1) is 17.6. The minimum absolute atomic E-state index is 0.0569. The van der Waals surface area contributed by atoms with Gasteiger partial charge in [0.2, 0.25) is 21.8 Å². The number of methoxy groups -OCH3 is 1. The molecule has 3 aliphatic rings. The lowest BCUT2D eigenvalue weighted by atomic mass is 9.86. The number of ether oxygens (including phenoxy) is 1. The van der Waals surface area contributed by atoms with E-state index in [-0.39, 0.29) is 54.6 Å². The molecule has 9 nitrogen and oxygen atoms in total. The number of benzene rings is 2. The summed E-state index contributed by atoms with van der Waals surface area (Å²) in [7, 11) is -2.66. The van der Waals surface area contributed by atoms with E-state index >= 15 is 0 Å². The van der Waals surface area contributed by atoms with Crippen LogP contribution >= 0.6 is 0 Å². The molecule has 0 aliphatic carbocycles. The zero-order valence-corrected chi connectivity index (χ0v) is 20.8. The van der Waals surface area contributed by atoms with Crippen molar-refractivity contribution in [2.45, 2.75) is 49.1 Å². The normalized spacial score (nSPS) is 21.2. The van der Waals surface area contributed by atoms with Crippen LogP contribution < -0.4 is 10.1 Å². The molecule has 2 fully saturated rings. The highest BCUT2D eigenvalue weighted by atomic mass is 32.2. The standard InChI is InChI=1S/C25H25F2N3O6S/c1-36-22-4-2-16(12-20(22)27)37(34,35)29-8-6-14(7-9-29)17-10-15(26)11-18-19(17)13-30(25(18)33)21-3-5-23(31)28-24(21)32/h2,4,10-12,14,21H,3,5-9,13H2,1H3,(H,28,31,32). The molecular formula is C25H25F2N3O6S. The summed E-state index contributed by atoms with van der Waals surface area (Å²) < 4.78 is 61.0. The lowest BCUT2D eigenvalue weighted by molar-refractivity contribution is -0.136. The van der Waals surface area contributed by atoms with Crippen molar-refractivity contribution >= 4 is 27.7 Å². The number of hydrogen-bond acceptors (Lipinski definition) is 6. The van der Waals surface area contributed by atoms with Crippen molar-refractivity contribution < 1.29 is 36.3 Å². The van der Waals surface area contributed by atoms with Gasteiger partial charge in [-0.05, 0) is 66.6 Å². The minimum Gasteiger partial charge on any atom is -0.494 e. The van der Waals surface area contributed by atoms with E-state index in [1.807, 2.05) is 0 Å². The summed E-state index contributed by atoms with van der Waals surface area (Å²) in [6.45, 7) is 0.382.